The number of nitrogens with zero attached hydrogens (tertiary/aromatic N) is 2. The quantitative estimate of drug-likeness (QED) is 0.244. The van der Waals surface area contributed by atoms with Gasteiger partial charge < -0.3 is 19.4 Å². The van der Waals surface area contributed by atoms with Crippen molar-refractivity contribution in [3.8, 4) is 23.6 Å². The second-order valence-corrected chi connectivity index (χ2v) is 12.7. The number of hydrogen-bond acceptors (Lipinski definition) is 6. The molecule has 0 aliphatic carbocycles. The predicted molar refractivity (Wildman–Crippen MR) is 152 cm³/mol. The van der Waals surface area contributed by atoms with E-state index in [1.54, 1.807) is 30.3 Å². The third kappa shape index (κ3) is 9.68. The number of aromatic hydroxyl groups is 1. The van der Waals surface area contributed by atoms with E-state index in [0.29, 0.717) is 23.5 Å². The summed E-state index contributed by atoms with van der Waals surface area (Å²) in [7, 11) is -1.18. The Labute approximate surface area is 228 Å². The third-order valence-corrected chi connectivity index (χ3v) is 6.52. The number of hydrogen-bond donors (Lipinski definition) is 2. The number of nitriles is 2. The lowest BCUT2D eigenvalue weighted by Gasteiger charge is -2.33. The maximum absolute atomic E-state index is 9.77. The van der Waals surface area contributed by atoms with Gasteiger partial charge in [-0.05, 0) is 72.3 Å². The van der Waals surface area contributed by atoms with Crippen LogP contribution in [0.15, 0.2) is 66.7 Å². The maximum atomic E-state index is 9.77. The lowest BCUT2D eigenvalue weighted by Crippen LogP contribution is -2.25. The van der Waals surface area contributed by atoms with Gasteiger partial charge in [-0.1, -0.05) is 63.2 Å². The molecule has 0 saturated heterocycles. The molecule has 0 fully saturated rings. The molecule has 3 rings (SSSR count). The van der Waals surface area contributed by atoms with Crippen molar-refractivity contribution in [3.05, 3.63) is 94.5 Å². The van der Waals surface area contributed by atoms with Gasteiger partial charge in [0.15, 0.2) is 9.04 Å². The van der Waals surface area contributed by atoms with Gasteiger partial charge in [-0.15, -0.1) is 0 Å². The highest BCUT2D eigenvalue weighted by Gasteiger charge is 2.28. The minimum Gasteiger partial charge on any atom is -0.507 e. The van der Waals surface area contributed by atoms with Gasteiger partial charge in [-0.2, -0.15) is 10.5 Å². The number of aliphatic hydroxyl groups is 1. The number of benzene rings is 3. The number of phenols is 1. The summed E-state index contributed by atoms with van der Waals surface area (Å²) in [6.07, 6.45) is 1.78. The zero-order chi connectivity index (χ0) is 28.1. The molecule has 3 aromatic carbocycles. The van der Waals surface area contributed by atoms with E-state index in [1.165, 1.54) is 5.56 Å². The van der Waals surface area contributed by atoms with Crippen LogP contribution in [0, 0.1) is 28.1 Å². The van der Waals surface area contributed by atoms with Crippen LogP contribution in [-0.4, -0.2) is 25.9 Å². The molecule has 0 radical (unpaired) electrons. The standard InChI is InChI=1S/C17H17NO2.C14H21NO2Si/c18-12-16-9-8-15(13-19)11-17(16)20-10-4-7-14-5-2-1-3-6-14;1-14(2,3)13(17-18(4)5)10-6-7-11(9-15)12(16)8-10/h1-3,5-6,8-9,11,19H,4,7,10,13H2;6-8,13,16,18H,1-5H3. The Hall–Kier alpha value is -3.62. The van der Waals surface area contributed by atoms with Crippen molar-refractivity contribution in [2.45, 2.75) is 59.4 Å². The minimum absolute atomic E-state index is 0.0262. The van der Waals surface area contributed by atoms with Crippen molar-refractivity contribution < 1.29 is 19.4 Å². The van der Waals surface area contributed by atoms with Gasteiger partial charge in [0.25, 0.3) is 0 Å². The summed E-state index contributed by atoms with van der Waals surface area (Å²) in [6.45, 7) is 11.1. The molecule has 2 N–H and O–H groups in total. The smallest absolute Gasteiger partial charge is 0.171 e. The van der Waals surface area contributed by atoms with Gasteiger partial charge in [0.05, 0.1) is 30.4 Å². The highest BCUT2D eigenvalue weighted by atomic mass is 28.3. The first kappa shape index (κ1) is 30.6. The molecule has 1 unspecified atom stereocenters. The van der Waals surface area contributed by atoms with Crippen LogP contribution in [0.25, 0.3) is 0 Å². The predicted octanol–water partition coefficient (Wildman–Crippen LogP) is 6.41. The van der Waals surface area contributed by atoms with Crippen LogP contribution in [0.3, 0.4) is 0 Å². The van der Waals surface area contributed by atoms with Crippen molar-refractivity contribution >= 4 is 9.04 Å². The monoisotopic (exact) mass is 530 g/mol. The molecule has 0 aromatic heterocycles. The van der Waals surface area contributed by atoms with Crippen LogP contribution in [0.1, 0.15) is 61.1 Å². The Morgan fingerprint density at radius 2 is 1.55 bits per heavy atom. The topological polar surface area (TPSA) is 106 Å². The van der Waals surface area contributed by atoms with Crippen LogP contribution in [-0.2, 0) is 17.5 Å². The van der Waals surface area contributed by atoms with Gasteiger partial charge >= 0.3 is 0 Å². The number of aliphatic hydroxyl groups excluding tert-OH is 1. The van der Waals surface area contributed by atoms with Crippen LogP contribution in [0.5, 0.6) is 11.5 Å². The molecule has 7 heteroatoms. The Morgan fingerprint density at radius 3 is 2.11 bits per heavy atom. The van der Waals surface area contributed by atoms with Crippen LogP contribution in [0.4, 0.5) is 0 Å². The highest BCUT2D eigenvalue weighted by Crippen LogP contribution is 2.38. The fourth-order valence-corrected chi connectivity index (χ4v) is 4.95. The number of ether oxygens (including phenoxy) is 1. The van der Waals surface area contributed by atoms with E-state index in [0.717, 1.165) is 24.0 Å². The van der Waals surface area contributed by atoms with Crippen LogP contribution < -0.4 is 4.74 Å². The Balaban J connectivity index is 0.000000269. The summed E-state index contributed by atoms with van der Waals surface area (Å²) in [5.74, 6) is 0.574. The summed E-state index contributed by atoms with van der Waals surface area (Å²) >= 11 is 0. The lowest BCUT2D eigenvalue weighted by atomic mass is 9.84. The molecule has 0 amide bonds. The molecule has 6 nitrogen and oxygen atoms in total. The molecule has 0 aliphatic rings. The third-order valence-electron chi connectivity index (χ3n) is 5.70. The zero-order valence-electron chi connectivity index (χ0n) is 22.9. The SMILES string of the molecule is C[SiH](C)OC(c1ccc(C#N)c(O)c1)C(C)(C)C.N#Cc1ccc(CO)cc1OCCCc1ccccc1. The first-order chi connectivity index (χ1) is 18.1. The molecule has 3 aromatic rings. The Morgan fingerprint density at radius 1 is 0.895 bits per heavy atom. The molecule has 1 atom stereocenters. The molecule has 200 valence electrons. The Bertz CT molecular complexity index is 1240. The van der Waals surface area contributed by atoms with Crippen molar-refractivity contribution in [3.63, 3.8) is 0 Å². The maximum Gasteiger partial charge on any atom is 0.171 e. The van der Waals surface area contributed by atoms with Crippen molar-refractivity contribution in [1.82, 2.24) is 0 Å². The van der Waals surface area contributed by atoms with Crippen molar-refractivity contribution in [2.75, 3.05) is 6.61 Å². The number of rotatable bonds is 9. The lowest BCUT2D eigenvalue weighted by molar-refractivity contribution is 0.0864. The van der Waals surface area contributed by atoms with E-state index in [-0.39, 0.29) is 23.9 Å². The average Bonchev–Trinajstić information content (AvgIpc) is 2.90. The second kappa shape index (κ2) is 14.9. The second-order valence-electron chi connectivity index (χ2n) is 10.4. The fraction of sp³-hybridized carbons (Fsp3) is 0.355. The van der Waals surface area contributed by atoms with Crippen LogP contribution in [0.2, 0.25) is 13.1 Å². The molecule has 38 heavy (non-hydrogen) atoms. The Kier molecular flexibility index (Phi) is 12.0. The first-order valence-electron chi connectivity index (χ1n) is 12.8. The van der Waals surface area contributed by atoms with Gasteiger partial charge in [0.2, 0.25) is 0 Å². The molecule has 0 bridgehead atoms. The van der Waals surface area contributed by atoms with E-state index in [9.17, 15) is 5.11 Å². The van der Waals surface area contributed by atoms with E-state index >= 15 is 0 Å². The summed E-state index contributed by atoms with van der Waals surface area (Å²) < 4.78 is 11.7. The number of aryl methyl sites for hydroxylation is 1. The van der Waals surface area contributed by atoms with Gasteiger partial charge in [0, 0.05) is 0 Å². The highest BCUT2D eigenvalue weighted by molar-refractivity contribution is 6.48. The van der Waals surface area contributed by atoms with Gasteiger partial charge in [-0.25, -0.2) is 0 Å². The summed E-state index contributed by atoms with van der Waals surface area (Å²) in [4.78, 5) is 0. The number of phenolic OH excluding ortho intramolecular Hbond substituents is 1. The molecular weight excluding hydrogens is 492 g/mol. The molecule has 0 spiro atoms. The summed E-state index contributed by atoms with van der Waals surface area (Å²) in [6, 6.07) is 24.6. The first-order valence-corrected chi connectivity index (χ1v) is 15.6. The van der Waals surface area contributed by atoms with E-state index in [1.807, 2.05) is 30.3 Å². The summed E-state index contributed by atoms with van der Waals surface area (Å²) in [5, 5.41) is 36.7. The van der Waals surface area contributed by atoms with Gasteiger partial charge in [-0.3, -0.25) is 0 Å². The van der Waals surface area contributed by atoms with Gasteiger partial charge in [0.1, 0.15) is 23.6 Å². The average molecular weight is 531 g/mol. The summed E-state index contributed by atoms with van der Waals surface area (Å²) in [5.41, 5.74) is 3.72. The fourth-order valence-electron chi connectivity index (χ4n) is 3.84. The van der Waals surface area contributed by atoms with E-state index < -0.39 is 9.04 Å². The molecular formula is C31H38N2O4Si. The van der Waals surface area contributed by atoms with Crippen LogP contribution >= 0.6 is 0 Å². The molecule has 0 saturated carbocycles. The van der Waals surface area contributed by atoms with Crippen molar-refractivity contribution in [2.24, 2.45) is 5.41 Å². The van der Waals surface area contributed by atoms with E-state index in [2.05, 4.69) is 52.1 Å². The normalized spacial score (nSPS) is 11.6. The van der Waals surface area contributed by atoms with Crippen molar-refractivity contribution in [1.29, 1.82) is 10.5 Å². The largest absolute Gasteiger partial charge is 0.507 e. The molecule has 0 aliphatic heterocycles. The van der Waals surface area contributed by atoms with E-state index in [4.69, 9.17) is 24.8 Å². The minimum atomic E-state index is -1.18. The zero-order valence-corrected chi connectivity index (χ0v) is 24.1. The molecule has 0 heterocycles.